The zero-order valence-electron chi connectivity index (χ0n) is 15.3. The number of nitrogens with zero attached hydrogens (tertiary/aromatic N) is 2. The summed E-state index contributed by atoms with van der Waals surface area (Å²) in [7, 11) is 1.35. The average Bonchev–Trinajstić information content (AvgIpc) is 3.12. The number of carbonyl (C=O) groups is 1. The molecule has 0 atom stereocenters. The molecule has 0 unspecified atom stereocenters. The Labute approximate surface area is 166 Å². The Morgan fingerprint density at radius 1 is 1.04 bits per heavy atom. The van der Waals surface area contributed by atoms with Crippen LogP contribution in [0.1, 0.15) is 10.4 Å². The fourth-order valence-corrected chi connectivity index (χ4v) is 3.52. The van der Waals surface area contributed by atoms with Crippen molar-refractivity contribution in [2.75, 3.05) is 13.4 Å². The smallest absolute Gasteiger partial charge is 0.337 e. The number of imidazole rings is 1. The second-order valence-electron chi connectivity index (χ2n) is 6.17. The van der Waals surface area contributed by atoms with Crippen molar-refractivity contribution in [2.24, 2.45) is 0 Å². The number of ether oxygens (including phenoxy) is 1. The van der Waals surface area contributed by atoms with E-state index < -0.39 is 5.97 Å². The molecule has 0 bridgehead atoms. The molecule has 1 heterocycles. The van der Waals surface area contributed by atoms with Crippen molar-refractivity contribution in [1.82, 2.24) is 9.55 Å². The van der Waals surface area contributed by atoms with Crippen molar-refractivity contribution in [3.8, 4) is 17.1 Å². The first-order valence-corrected chi connectivity index (χ1v) is 9.84. The van der Waals surface area contributed by atoms with E-state index >= 15 is 0 Å². The van der Waals surface area contributed by atoms with E-state index in [-0.39, 0.29) is 5.82 Å². The molecule has 0 aliphatic heterocycles. The number of benzene rings is 3. The number of halogens is 1. The zero-order chi connectivity index (χ0) is 19.7. The van der Waals surface area contributed by atoms with Gasteiger partial charge in [-0.05, 0) is 60.9 Å². The van der Waals surface area contributed by atoms with E-state index in [0.29, 0.717) is 11.1 Å². The van der Waals surface area contributed by atoms with Crippen LogP contribution in [-0.4, -0.2) is 28.9 Å². The molecule has 4 rings (SSSR count). The van der Waals surface area contributed by atoms with Gasteiger partial charge in [-0.3, -0.25) is 4.57 Å². The van der Waals surface area contributed by atoms with E-state index in [9.17, 15) is 9.18 Å². The Balaban J connectivity index is 1.96. The molecule has 0 fully saturated rings. The van der Waals surface area contributed by atoms with E-state index in [1.54, 1.807) is 36.0 Å². The summed E-state index contributed by atoms with van der Waals surface area (Å²) in [5, 5.41) is 0. The normalized spacial score (nSPS) is 11.0. The number of esters is 1. The molecule has 0 radical (unpaired) electrons. The van der Waals surface area contributed by atoms with Crippen LogP contribution < -0.4 is 0 Å². The first kappa shape index (κ1) is 18.3. The molecule has 28 heavy (non-hydrogen) atoms. The van der Waals surface area contributed by atoms with Crippen molar-refractivity contribution in [2.45, 2.75) is 4.90 Å². The van der Waals surface area contributed by atoms with Crippen molar-refractivity contribution >= 4 is 28.8 Å². The molecule has 1 aromatic heterocycles. The summed E-state index contributed by atoms with van der Waals surface area (Å²) in [6.45, 7) is 0. The van der Waals surface area contributed by atoms with Crippen LogP contribution in [0, 0.1) is 5.82 Å². The molecular weight excluding hydrogens is 375 g/mol. The molecule has 6 heteroatoms. The summed E-state index contributed by atoms with van der Waals surface area (Å²) in [6.07, 6.45) is 2.02. The first-order chi connectivity index (χ1) is 13.6. The Morgan fingerprint density at radius 3 is 2.39 bits per heavy atom. The lowest BCUT2D eigenvalue weighted by atomic mass is 10.2. The molecule has 0 aliphatic rings. The fraction of sp³-hybridized carbons (Fsp3) is 0.0909. The van der Waals surface area contributed by atoms with Crippen LogP contribution in [0.25, 0.3) is 28.1 Å². The number of hydrogen-bond acceptors (Lipinski definition) is 4. The minimum atomic E-state index is -0.413. The van der Waals surface area contributed by atoms with E-state index in [0.717, 1.165) is 27.5 Å². The highest BCUT2D eigenvalue weighted by Crippen LogP contribution is 2.30. The molecule has 0 aliphatic carbocycles. The van der Waals surface area contributed by atoms with Gasteiger partial charge in [0.05, 0.1) is 23.7 Å². The van der Waals surface area contributed by atoms with Crippen LogP contribution in [0.4, 0.5) is 4.39 Å². The van der Waals surface area contributed by atoms with Gasteiger partial charge in [-0.25, -0.2) is 14.2 Å². The van der Waals surface area contributed by atoms with Crippen molar-refractivity contribution in [3.05, 3.63) is 78.1 Å². The molecule has 140 valence electrons. The molecule has 0 spiro atoms. The lowest BCUT2D eigenvalue weighted by Gasteiger charge is -2.10. The largest absolute Gasteiger partial charge is 0.465 e. The summed E-state index contributed by atoms with van der Waals surface area (Å²) in [4.78, 5) is 17.8. The molecule has 0 N–H and O–H groups in total. The van der Waals surface area contributed by atoms with Crippen LogP contribution in [0.2, 0.25) is 0 Å². The van der Waals surface area contributed by atoms with Gasteiger partial charge in [0.2, 0.25) is 0 Å². The monoisotopic (exact) mass is 392 g/mol. The highest BCUT2D eigenvalue weighted by molar-refractivity contribution is 7.98. The summed E-state index contributed by atoms with van der Waals surface area (Å²) in [6, 6.07) is 19.6. The minimum absolute atomic E-state index is 0.299. The zero-order valence-corrected chi connectivity index (χ0v) is 16.2. The molecule has 3 aromatic carbocycles. The fourth-order valence-electron chi connectivity index (χ4n) is 3.11. The van der Waals surface area contributed by atoms with E-state index in [1.807, 2.05) is 41.2 Å². The standard InChI is InChI=1S/C22H17FN2O2S/c1-27-22(26)15-5-12-20-19(13-15)24-21(14-3-10-18(28-2)11-4-14)25(20)17-8-6-16(23)7-9-17/h3-13H,1-2H3. The summed E-state index contributed by atoms with van der Waals surface area (Å²) in [5.74, 6) is 0.00686. The predicted molar refractivity (Wildman–Crippen MR) is 110 cm³/mol. The Hall–Kier alpha value is -3.12. The van der Waals surface area contributed by atoms with Crippen molar-refractivity contribution in [3.63, 3.8) is 0 Å². The van der Waals surface area contributed by atoms with Gasteiger partial charge < -0.3 is 4.74 Å². The number of thioether (sulfide) groups is 1. The van der Waals surface area contributed by atoms with Gasteiger partial charge in [0, 0.05) is 16.1 Å². The van der Waals surface area contributed by atoms with Crippen molar-refractivity contribution in [1.29, 1.82) is 0 Å². The third kappa shape index (κ3) is 3.27. The lowest BCUT2D eigenvalue weighted by Crippen LogP contribution is -2.01. The Bertz CT molecular complexity index is 1150. The lowest BCUT2D eigenvalue weighted by molar-refractivity contribution is 0.0601. The van der Waals surface area contributed by atoms with Gasteiger partial charge in [0.25, 0.3) is 0 Å². The molecule has 0 amide bonds. The number of aromatic nitrogens is 2. The highest BCUT2D eigenvalue weighted by atomic mass is 32.2. The number of fused-ring (bicyclic) bond motifs is 1. The van der Waals surface area contributed by atoms with Gasteiger partial charge in [0.15, 0.2) is 0 Å². The van der Waals surface area contributed by atoms with Crippen LogP contribution in [0.15, 0.2) is 71.6 Å². The quantitative estimate of drug-likeness (QED) is 0.347. The molecule has 0 saturated heterocycles. The number of rotatable bonds is 4. The summed E-state index contributed by atoms with van der Waals surface area (Å²) < 4.78 is 20.2. The highest BCUT2D eigenvalue weighted by Gasteiger charge is 2.16. The minimum Gasteiger partial charge on any atom is -0.465 e. The van der Waals surface area contributed by atoms with E-state index in [2.05, 4.69) is 0 Å². The number of methoxy groups -OCH3 is 1. The summed E-state index contributed by atoms with van der Waals surface area (Å²) >= 11 is 1.67. The van der Waals surface area contributed by atoms with E-state index in [1.165, 1.54) is 19.2 Å². The third-order valence-corrected chi connectivity index (χ3v) is 5.25. The summed E-state index contributed by atoms with van der Waals surface area (Å²) in [5.41, 5.74) is 3.64. The average molecular weight is 392 g/mol. The second-order valence-corrected chi connectivity index (χ2v) is 7.05. The maximum atomic E-state index is 13.5. The molecule has 0 saturated carbocycles. The molecule has 4 aromatic rings. The first-order valence-electron chi connectivity index (χ1n) is 8.62. The number of carbonyl (C=O) groups excluding carboxylic acids is 1. The van der Waals surface area contributed by atoms with E-state index in [4.69, 9.17) is 9.72 Å². The van der Waals surface area contributed by atoms with Gasteiger partial charge in [-0.15, -0.1) is 11.8 Å². The molecular formula is C22H17FN2O2S. The van der Waals surface area contributed by atoms with Crippen LogP contribution in [0.5, 0.6) is 0 Å². The van der Waals surface area contributed by atoms with Crippen molar-refractivity contribution < 1.29 is 13.9 Å². The van der Waals surface area contributed by atoms with Crippen LogP contribution in [-0.2, 0) is 4.74 Å². The maximum absolute atomic E-state index is 13.5. The Morgan fingerprint density at radius 2 is 1.75 bits per heavy atom. The molecule has 4 nitrogen and oxygen atoms in total. The Kier molecular flexibility index (Phi) is 4.88. The SMILES string of the molecule is COC(=O)c1ccc2c(c1)nc(-c1ccc(SC)cc1)n2-c1ccc(F)cc1. The van der Waals surface area contributed by atoms with Gasteiger partial charge in [-0.2, -0.15) is 0 Å². The maximum Gasteiger partial charge on any atom is 0.337 e. The van der Waals surface area contributed by atoms with Gasteiger partial charge >= 0.3 is 5.97 Å². The van der Waals surface area contributed by atoms with Gasteiger partial charge in [0.1, 0.15) is 11.6 Å². The van der Waals surface area contributed by atoms with Gasteiger partial charge in [-0.1, -0.05) is 12.1 Å². The van der Waals surface area contributed by atoms with Crippen LogP contribution in [0.3, 0.4) is 0 Å². The third-order valence-electron chi connectivity index (χ3n) is 4.51. The number of hydrogen-bond donors (Lipinski definition) is 0. The second kappa shape index (κ2) is 7.48. The topological polar surface area (TPSA) is 44.1 Å². The predicted octanol–water partition coefficient (Wildman–Crippen LogP) is 5.34. The van der Waals surface area contributed by atoms with Crippen LogP contribution >= 0.6 is 11.8 Å².